The smallest absolute Gasteiger partial charge is 0.373 e. The maximum atomic E-state index is 11.6. The van der Waals surface area contributed by atoms with Crippen molar-refractivity contribution < 1.29 is 14.4 Å². The van der Waals surface area contributed by atoms with E-state index in [2.05, 4.69) is 15.3 Å². The van der Waals surface area contributed by atoms with Gasteiger partial charge < -0.3 is 14.8 Å². The zero-order valence-electron chi connectivity index (χ0n) is 15.1. The first kappa shape index (κ1) is 18.1. The number of anilines is 2. The number of nitrogens with zero attached hydrogens (tertiary/aromatic N) is 3. The summed E-state index contributed by atoms with van der Waals surface area (Å²) in [6.45, 7) is 3.96. The zero-order valence-corrected chi connectivity index (χ0v) is 15.1. The average molecular weight is 366 g/mol. The van der Waals surface area contributed by atoms with Crippen molar-refractivity contribution in [2.45, 2.75) is 13.8 Å². The highest BCUT2D eigenvalue weighted by Gasteiger charge is 2.25. The van der Waals surface area contributed by atoms with Gasteiger partial charge in [-0.2, -0.15) is 4.98 Å². The van der Waals surface area contributed by atoms with Crippen LogP contribution in [0.15, 0.2) is 48.8 Å². The summed E-state index contributed by atoms with van der Waals surface area (Å²) < 4.78 is 10.7. The summed E-state index contributed by atoms with van der Waals surface area (Å²) in [5.74, 6) is 0.958. The largest absolute Gasteiger partial charge is 0.497 e. The third-order valence-corrected chi connectivity index (χ3v) is 4.01. The van der Waals surface area contributed by atoms with Crippen LogP contribution in [-0.4, -0.2) is 22.0 Å². The Bertz CT molecular complexity index is 974. The number of benzene rings is 2. The lowest BCUT2D eigenvalue weighted by molar-refractivity contribution is -0.385. The van der Waals surface area contributed by atoms with Crippen molar-refractivity contribution in [3.63, 3.8) is 0 Å². The molecule has 0 aliphatic heterocycles. The third-order valence-electron chi connectivity index (χ3n) is 4.01. The summed E-state index contributed by atoms with van der Waals surface area (Å²) in [5, 5.41) is 14.6. The predicted octanol–water partition coefficient (Wildman–Crippen LogP) is 4.55. The maximum Gasteiger partial charge on any atom is 0.373 e. The van der Waals surface area contributed by atoms with Gasteiger partial charge in [-0.3, -0.25) is 10.1 Å². The van der Waals surface area contributed by atoms with Crippen LogP contribution in [0, 0.1) is 24.0 Å². The quantitative estimate of drug-likeness (QED) is 0.505. The molecule has 0 fully saturated rings. The Balaban J connectivity index is 1.94. The fourth-order valence-corrected chi connectivity index (χ4v) is 2.40. The van der Waals surface area contributed by atoms with Gasteiger partial charge in [-0.15, -0.1) is 0 Å². The van der Waals surface area contributed by atoms with E-state index in [1.165, 1.54) is 6.33 Å². The Morgan fingerprint density at radius 2 is 1.70 bits per heavy atom. The molecule has 0 saturated carbocycles. The SMILES string of the molecule is COc1ccc(Oc2ncnc(Nc3ccc(C)c(C)c3)c2[N+](=O)[O-])cc1. The van der Waals surface area contributed by atoms with E-state index >= 15 is 0 Å². The van der Waals surface area contributed by atoms with Crippen molar-refractivity contribution in [3.8, 4) is 17.4 Å². The number of aromatic nitrogens is 2. The minimum atomic E-state index is -0.567. The minimum Gasteiger partial charge on any atom is -0.497 e. The lowest BCUT2D eigenvalue weighted by Crippen LogP contribution is -2.03. The number of nitro groups is 1. The molecule has 0 bridgehead atoms. The first-order valence-electron chi connectivity index (χ1n) is 8.13. The summed E-state index contributed by atoms with van der Waals surface area (Å²) in [6, 6.07) is 12.3. The van der Waals surface area contributed by atoms with E-state index in [0.717, 1.165) is 11.1 Å². The Hall–Kier alpha value is -3.68. The van der Waals surface area contributed by atoms with Gasteiger partial charge >= 0.3 is 11.6 Å². The third kappa shape index (κ3) is 4.12. The van der Waals surface area contributed by atoms with Crippen molar-refractivity contribution in [1.29, 1.82) is 0 Å². The predicted molar refractivity (Wildman–Crippen MR) is 101 cm³/mol. The van der Waals surface area contributed by atoms with Crippen LogP contribution in [0.25, 0.3) is 0 Å². The molecule has 3 aromatic rings. The van der Waals surface area contributed by atoms with Crippen molar-refractivity contribution in [3.05, 3.63) is 70.0 Å². The molecule has 0 atom stereocenters. The highest BCUT2D eigenvalue weighted by molar-refractivity contribution is 5.69. The molecule has 0 aliphatic carbocycles. The summed E-state index contributed by atoms with van der Waals surface area (Å²) in [7, 11) is 1.55. The number of aryl methyl sites for hydroxylation is 2. The van der Waals surface area contributed by atoms with Crippen LogP contribution >= 0.6 is 0 Å². The fraction of sp³-hybridized carbons (Fsp3) is 0.158. The second kappa shape index (κ2) is 7.69. The molecule has 0 saturated heterocycles. The van der Waals surface area contributed by atoms with E-state index in [4.69, 9.17) is 9.47 Å². The van der Waals surface area contributed by atoms with Crippen molar-refractivity contribution in [2.24, 2.45) is 0 Å². The van der Waals surface area contributed by atoms with Gasteiger partial charge in [0.05, 0.1) is 12.0 Å². The van der Waals surface area contributed by atoms with Gasteiger partial charge in [0.2, 0.25) is 5.82 Å². The molecule has 0 aliphatic rings. The number of hydrogen-bond acceptors (Lipinski definition) is 7. The summed E-state index contributed by atoms with van der Waals surface area (Å²) >= 11 is 0. The summed E-state index contributed by atoms with van der Waals surface area (Å²) in [6.07, 6.45) is 1.22. The van der Waals surface area contributed by atoms with Gasteiger partial charge in [0, 0.05) is 5.69 Å². The van der Waals surface area contributed by atoms with Gasteiger partial charge in [-0.25, -0.2) is 4.98 Å². The summed E-state index contributed by atoms with van der Waals surface area (Å²) in [5.41, 5.74) is 2.54. The number of hydrogen-bond donors (Lipinski definition) is 1. The molecule has 3 rings (SSSR count). The molecule has 1 heterocycles. The van der Waals surface area contributed by atoms with Crippen LogP contribution in [0.3, 0.4) is 0 Å². The number of nitrogens with one attached hydrogen (secondary N) is 1. The molecule has 138 valence electrons. The minimum absolute atomic E-state index is 0.0572. The first-order valence-corrected chi connectivity index (χ1v) is 8.13. The van der Waals surface area contributed by atoms with Crippen LogP contribution in [0.1, 0.15) is 11.1 Å². The molecule has 27 heavy (non-hydrogen) atoms. The maximum absolute atomic E-state index is 11.6. The van der Waals surface area contributed by atoms with E-state index in [9.17, 15) is 10.1 Å². The molecule has 0 unspecified atom stereocenters. The van der Waals surface area contributed by atoms with E-state index < -0.39 is 4.92 Å². The molecule has 8 heteroatoms. The Morgan fingerprint density at radius 1 is 1.00 bits per heavy atom. The molecule has 0 spiro atoms. The molecular weight excluding hydrogens is 348 g/mol. The standard InChI is InChI=1S/C19H18N4O4/c1-12-4-5-14(10-13(12)2)22-18-17(23(24)25)19(21-11-20-18)27-16-8-6-15(26-3)7-9-16/h4-11H,1-3H3,(H,20,21,22). The summed E-state index contributed by atoms with van der Waals surface area (Å²) in [4.78, 5) is 19.0. The van der Waals surface area contributed by atoms with Crippen molar-refractivity contribution in [1.82, 2.24) is 9.97 Å². The molecule has 0 radical (unpaired) electrons. The zero-order chi connectivity index (χ0) is 19.4. The lowest BCUT2D eigenvalue weighted by atomic mass is 10.1. The monoisotopic (exact) mass is 366 g/mol. The van der Waals surface area contributed by atoms with Crippen LogP contribution < -0.4 is 14.8 Å². The molecule has 8 nitrogen and oxygen atoms in total. The van der Waals surface area contributed by atoms with Gasteiger partial charge in [-0.1, -0.05) is 6.07 Å². The number of ether oxygens (including phenoxy) is 2. The van der Waals surface area contributed by atoms with Gasteiger partial charge in [-0.05, 0) is 61.4 Å². The topological polar surface area (TPSA) is 99.4 Å². The van der Waals surface area contributed by atoms with Crippen LogP contribution in [-0.2, 0) is 0 Å². The highest BCUT2D eigenvalue weighted by Crippen LogP contribution is 2.35. The molecule has 2 aromatic carbocycles. The Kier molecular flexibility index (Phi) is 5.16. The average Bonchev–Trinajstić information content (AvgIpc) is 2.65. The van der Waals surface area contributed by atoms with Crippen LogP contribution in [0.4, 0.5) is 17.2 Å². The number of rotatable bonds is 6. The van der Waals surface area contributed by atoms with Crippen molar-refractivity contribution >= 4 is 17.2 Å². The molecule has 1 aromatic heterocycles. The molecular formula is C19H18N4O4. The second-order valence-electron chi connectivity index (χ2n) is 5.83. The molecule has 1 N–H and O–H groups in total. The van der Waals surface area contributed by atoms with Crippen molar-refractivity contribution in [2.75, 3.05) is 12.4 Å². The van der Waals surface area contributed by atoms with Crippen LogP contribution in [0.5, 0.6) is 17.4 Å². The number of methoxy groups -OCH3 is 1. The van der Waals surface area contributed by atoms with Gasteiger partial charge in [0.1, 0.15) is 17.8 Å². The lowest BCUT2D eigenvalue weighted by Gasteiger charge is -2.10. The van der Waals surface area contributed by atoms with E-state index in [1.54, 1.807) is 31.4 Å². The van der Waals surface area contributed by atoms with E-state index in [-0.39, 0.29) is 17.4 Å². The second-order valence-corrected chi connectivity index (χ2v) is 5.83. The fourth-order valence-electron chi connectivity index (χ4n) is 2.40. The van der Waals surface area contributed by atoms with Gasteiger partial charge in [0.15, 0.2) is 0 Å². The highest BCUT2D eigenvalue weighted by atomic mass is 16.6. The Labute approximate surface area is 156 Å². The normalized spacial score (nSPS) is 10.3. The first-order chi connectivity index (χ1) is 13.0. The van der Waals surface area contributed by atoms with Gasteiger partial charge in [0.25, 0.3) is 0 Å². The van der Waals surface area contributed by atoms with E-state index in [0.29, 0.717) is 17.2 Å². The molecule has 0 amide bonds. The van der Waals surface area contributed by atoms with E-state index in [1.807, 2.05) is 32.0 Å². The Morgan fingerprint density at radius 3 is 2.33 bits per heavy atom. The van der Waals surface area contributed by atoms with Crippen LogP contribution in [0.2, 0.25) is 0 Å².